The van der Waals surface area contributed by atoms with E-state index >= 15 is 0 Å². The van der Waals surface area contributed by atoms with Gasteiger partial charge in [0.2, 0.25) is 5.91 Å². The number of guanidine groups is 1. The van der Waals surface area contributed by atoms with Gasteiger partial charge in [-0.3, -0.25) is 15.1 Å². The van der Waals surface area contributed by atoms with Gasteiger partial charge in [0, 0.05) is 17.3 Å². The zero-order chi connectivity index (χ0) is 22.5. The molecule has 2 aromatic heterocycles. The van der Waals surface area contributed by atoms with Crippen LogP contribution in [0.5, 0.6) is 0 Å². The largest absolute Gasteiger partial charge is 0.464 e. The third kappa shape index (κ3) is 3.08. The van der Waals surface area contributed by atoms with Crippen LogP contribution in [0.15, 0.2) is 70.7 Å². The van der Waals surface area contributed by atoms with Gasteiger partial charge in [-0.1, -0.05) is 18.2 Å². The SMILES string of the molecule is CN1C(=N)N[C@](C)(c2cc(-c3cccc(C#N)c3)cs2)[C@H](c2ccc3occc3c2)C1=O. The number of hydrogen-bond donors (Lipinski definition) is 2. The highest BCUT2D eigenvalue weighted by molar-refractivity contribution is 7.10. The fourth-order valence-corrected chi connectivity index (χ4v) is 5.39. The third-order valence-electron chi connectivity index (χ3n) is 6.11. The molecular weight excluding hydrogens is 420 g/mol. The van der Waals surface area contributed by atoms with Gasteiger partial charge >= 0.3 is 0 Å². The topological polar surface area (TPSA) is 93.1 Å². The highest BCUT2D eigenvalue weighted by Gasteiger charge is 2.49. The zero-order valence-electron chi connectivity index (χ0n) is 17.5. The molecule has 7 heteroatoms. The van der Waals surface area contributed by atoms with Crippen LogP contribution in [0.25, 0.3) is 22.1 Å². The molecule has 0 bridgehead atoms. The van der Waals surface area contributed by atoms with E-state index in [1.54, 1.807) is 30.7 Å². The van der Waals surface area contributed by atoms with Crippen molar-refractivity contribution in [1.29, 1.82) is 10.7 Å². The standard InChI is InChI=1S/C25H20N4O2S/c1-25(21-12-19(14-32-21)16-5-3-4-15(10-16)13-26)22(23(30)29(2)24(27)28-25)18-6-7-20-17(11-18)8-9-31-20/h3-12,14,22H,1-2H3,(H2,27,28)/t22-,25-/m1/s1. The average Bonchev–Trinajstić information content (AvgIpc) is 3.47. The fourth-order valence-electron chi connectivity index (χ4n) is 4.33. The molecule has 1 aliphatic rings. The smallest absolute Gasteiger partial charge is 0.239 e. The molecule has 2 atom stereocenters. The van der Waals surface area contributed by atoms with Crippen molar-refractivity contribution in [3.05, 3.63) is 82.2 Å². The first-order valence-electron chi connectivity index (χ1n) is 10.1. The van der Waals surface area contributed by atoms with Crippen LogP contribution in [-0.4, -0.2) is 23.8 Å². The number of benzene rings is 2. The Morgan fingerprint density at radius 3 is 2.84 bits per heavy atom. The highest BCUT2D eigenvalue weighted by Crippen LogP contribution is 2.44. The summed E-state index contributed by atoms with van der Waals surface area (Å²) in [5.74, 6) is -0.599. The number of hydrogen-bond acceptors (Lipinski definition) is 5. The summed E-state index contributed by atoms with van der Waals surface area (Å²) in [7, 11) is 1.62. The second-order valence-electron chi connectivity index (χ2n) is 8.12. The molecule has 5 rings (SSSR count). The van der Waals surface area contributed by atoms with E-state index < -0.39 is 11.5 Å². The molecule has 32 heavy (non-hydrogen) atoms. The highest BCUT2D eigenvalue weighted by atomic mass is 32.1. The van der Waals surface area contributed by atoms with E-state index in [0.717, 1.165) is 32.5 Å². The molecule has 158 valence electrons. The third-order valence-corrected chi connectivity index (χ3v) is 7.28. The fraction of sp³-hybridized carbons (Fsp3) is 0.160. The Labute approximate surface area is 189 Å². The molecule has 1 fully saturated rings. The number of nitrogens with zero attached hydrogens (tertiary/aromatic N) is 2. The van der Waals surface area contributed by atoms with Crippen LogP contribution in [-0.2, 0) is 10.3 Å². The number of thiophene rings is 1. The summed E-state index contributed by atoms with van der Waals surface area (Å²) in [4.78, 5) is 15.8. The van der Waals surface area contributed by atoms with E-state index in [0.29, 0.717) is 5.56 Å². The molecule has 0 aliphatic carbocycles. The minimum Gasteiger partial charge on any atom is -0.464 e. The molecule has 2 aromatic carbocycles. The Hall–Kier alpha value is -3.89. The predicted octanol–water partition coefficient (Wildman–Crippen LogP) is 5.03. The van der Waals surface area contributed by atoms with Gasteiger partial charge in [-0.15, -0.1) is 11.3 Å². The summed E-state index contributed by atoms with van der Waals surface area (Å²) in [5.41, 5.74) is 3.34. The number of fused-ring (bicyclic) bond motifs is 1. The molecule has 1 saturated heterocycles. The Balaban J connectivity index is 1.62. The number of furan rings is 1. The van der Waals surface area contributed by atoms with Gasteiger partial charge in [0.15, 0.2) is 5.96 Å². The summed E-state index contributed by atoms with van der Waals surface area (Å²) < 4.78 is 5.47. The molecule has 3 heterocycles. The lowest BCUT2D eigenvalue weighted by molar-refractivity contribution is -0.131. The van der Waals surface area contributed by atoms with Crippen molar-refractivity contribution >= 4 is 34.2 Å². The molecule has 1 amide bonds. The maximum absolute atomic E-state index is 13.4. The van der Waals surface area contributed by atoms with Crippen LogP contribution in [0, 0.1) is 16.7 Å². The second-order valence-corrected chi connectivity index (χ2v) is 9.03. The average molecular weight is 441 g/mol. The van der Waals surface area contributed by atoms with Gasteiger partial charge in [-0.05, 0) is 65.4 Å². The Kier molecular flexibility index (Phi) is 4.61. The monoisotopic (exact) mass is 440 g/mol. The molecule has 0 spiro atoms. The van der Waals surface area contributed by atoms with E-state index in [1.807, 2.05) is 60.8 Å². The maximum Gasteiger partial charge on any atom is 0.239 e. The molecule has 0 saturated carbocycles. The quantitative estimate of drug-likeness (QED) is 0.467. The molecule has 0 unspecified atom stereocenters. The van der Waals surface area contributed by atoms with Gasteiger partial charge in [-0.2, -0.15) is 5.26 Å². The van der Waals surface area contributed by atoms with E-state index in [4.69, 9.17) is 9.83 Å². The Morgan fingerprint density at radius 2 is 2.03 bits per heavy atom. The van der Waals surface area contributed by atoms with Gasteiger partial charge in [0.05, 0.1) is 29.4 Å². The molecule has 2 N–H and O–H groups in total. The first-order chi connectivity index (χ1) is 15.4. The van der Waals surface area contributed by atoms with Crippen molar-refractivity contribution < 1.29 is 9.21 Å². The van der Waals surface area contributed by atoms with Crippen LogP contribution >= 0.6 is 11.3 Å². The van der Waals surface area contributed by atoms with Crippen LogP contribution in [0.3, 0.4) is 0 Å². The van der Waals surface area contributed by atoms with Gasteiger partial charge in [0.25, 0.3) is 0 Å². The van der Waals surface area contributed by atoms with Crippen molar-refractivity contribution in [2.45, 2.75) is 18.4 Å². The van der Waals surface area contributed by atoms with Crippen LogP contribution in [0.1, 0.15) is 28.8 Å². The first kappa shape index (κ1) is 20.0. The predicted molar refractivity (Wildman–Crippen MR) is 124 cm³/mol. The van der Waals surface area contributed by atoms with Crippen molar-refractivity contribution in [2.24, 2.45) is 0 Å². The lowest BCUT2D eigenvalue weighted by atomic mass is 9.76. The molecule has 6 nitrogen and oxygen atoms in total. The Morgan fingerprint density at radius 1 is 1.19 bits per heavy atom. The molecule has 4 aromatic rings. The number of carbonyl (C=O) groups is 1. The van der Waals surface area contributed by atoms with Crippen molar-refractivity contribution in [2.75, 3.05) is 7.05 Å². The minimum absolute atomic E-state index is 0.0690. The van der Waals surface area contributed by atoms with E-state index in [-0.39, 0.29) is 11.9 Å². The summed E-state index contributed by atoms with van der Waals surface area (Å²) >= 11 is 1.54. The van der Waals surface area contributed by atoms with E-state index in [1.165, 1.54) is 4.90 Å². The summed E-state index contributed by atoms with van der Waals surface area (Å²) in [6.07, 6.45) is 1.64. The summed E-state index contributed by atoms with van der Waals surface area (Å²) in [5, 5.41) is 23.8. The number of likely N-dealkylation sites (N-methyl/N-ethyl adjacent to an activating group) is 1. The van der Waals surface area contributed by atoms with Crippen LogP contribution in [0.2, 0.25) is 0 Å². The van der Waals surface area contributed by atoms with Crippen molar-refractivity contribution in [3.63, 3.8) is 0 Å². The van der Waals surface area contributed by atoms with Crippen LogP contribution < -0.4 is 5.32 Å². The first-order valence-corrected chi connectivity index (χ1v) is 11.0. The minimum atomic E-state index is -0.812. The lowest BCUT2D eigenvalue weighted by Crippen LogP contribution is -2.62. The van der Waals surface area contributed by atoms with Crippen molar-refractivity contribution in [3.8, 4) is 17.2 Å². The van der Waals surface area contributed by atoms with Gasteiger partial charge in [-0.25, -0.2) is 0 Å². The summed E-state index contributed by atoms with van der Waals surface area (Å²) in [6.45, 7) is 1.97. The number of amides is 1. The van der Waals surface area contributed by atoms with Crippen molar-refractivity contribution in [1.82, 2.24) is 10.2 Å². The molecular formula is C25H20N4O2S. The zero-order valence-corrected chi connectivity index (χ0v) is 18.4. The van der Waals surface area contributed by atoms with Gasteiger partial charge in [0.1, 0.15) is 5.58 Å². The number of nitriles is 1. The number of rotatable bonds is 3. The number of carbonyl (C=O) groups excluding carboxylic acids is 1. The van der Waals surface area contributed by atoms with Crippen LogP contribution in [0.4, 0.5) is 0 Å². The molecule has 1 aliphatic heterocycles. The van der Waals surface area contributed by atoms with E-state index in [2.05, 4.69) is 11.4 Å². The second kappa shape index (κ2) is 7.36. The number of nitrogens with one attached hydrogen (secondary N) is 2. The van der Waals surface area contributed by atoms with E-state index in [9.17, 15) is 10.1 Å². The maximum atomic E-state index is 13.4. The summed E-state index contributed by atoms with van der Waals surface area (Å²) in [6, 6.07) is 19.3. The molecule has 0 radical (unpaired) electrons. The lowest BCUT2D eigenvalue weighted by Gasteiger charge is -2.45. The normalized spacial score (nSPS) is 20.9. The van der Waals surface area contributed by atoms with Gasteiger partial charge < -0.3 is 9.73 Å². The Bertz CT molecular complexity index is 1410.